The average molecular weight is 354 g/mol. The monoisotopic (exact) mass is 354 g/mol. The molecule has 1 fully saturated rings. The molecule has 26 heavy (non-hydrogen) atoms. The zero-order chi connectivity index (χ0) is 18.7. The molecule has 0 unspecified atom stereocenters. The van der Waals surface area contributed by atoms with Crippen molar-refractivity contribution in [2.24, 2.45) is 0 Å². The molecule has 0 aliphatic carbocycles. The smallest absolute Gasteiger partial charge is 0.339 e. The molecule has 2 N–H and O–H groups in total. The van der Waals surface area contributed by atoms with Gasteiger partial charge in [-0.1, -0.05) is 35.9 Å². The van der Waals surface area contributed by atoms with Crippen molar-refractivity contribution in [1.29, 1.82) is 0 Å². The molecule has 1 amide bonds. The Bertz CT molecular complexity index is 817. The summed E-state index contributed by atoms with van der Waals surface area (Å²) in [5.74, 6) is -1.35. The first-order valence-corrected chi connectivity index (χ1v) is 8.53. The molecule has 3 rings (SSSR count). The van der Waals surface area contributed by atoms with E-state index in [0.717, 1.165) is 17.7 Å². The lowest BCUT2D eigenvalue weighted by atomic mass is 10.1. The van der Waals surface area contributed by atoms with Gasteiger partial charge in [0.15, 0.2) is 0 Å². The van der Waals surface area contributed by atoms with Gasteiger partial charge in [-0.25, -0.2) is 4.79 Å². The van der Waals surface area contributed by atoms with Crippen molar-refractivity contribution in [1.82, 2.24) is 9.80 Å². The van der Waals surface area contributed by atoms with Crippen molar-refractivity contribution in [3.8, 4) is 5.75 Å². The number of aromatic carboxylic acids is 1. The molecule has 1 aliphatic rings. The predicted octanol–water partition coefficient (Wildman–Crippen LogP) is 2.24. The largest absolute Gasteiger partial charge is 0.507 e. The number of rotatable bonds is 5. The van der Waals surface area contributed by atoms with Gasteiger partial charge in [0, 0.05) is 26.2 Å². The highest BCUT2D eigenvalue weighted by Gasteiger charge is 2.24. The molecule has 1 heterocycles. The maximum Gasteiger partial charge on any atom is 0.339 e. The number of carboxylic acids is 1. The molecule has 2 aromatic rings. The summed E-state index contributed by atoms with van der Waals surface area (Å²) >= 11 is 0. The maximum atomic E-state index is 12.4. The molecule has 136 valence electrons. The Morgan fingerprint density at radius 1 is 1.04 bits per heavy atom. The van der Waals surface area contributed by atoms with Crippen molar-refractivity contribution >= 4 is 11.9 Å². The molecule has 6 heteroatoms. The Hall–Kier alpha value is -2.86. The Morgan fingerprint density at radius 3 is 2.38 bits per heavy atom. The number of nitrogens with zero attached hydrogens (tertiary/aromatic N) is 2. The molecule has 0 aromatic heterocycles. The fourth-order valence-electron chi connectivity index (χ4n) is 3.08. The SMILES string of the molecule is Cc1ccc(CN2CCN(Cc3ccc(O)c(C(=O)O)c3)CC2=O)cc1. The van der Waals surface area contributed by atoms with Crippen LogP contribution >= 0.6 is 0 Å². The predicted molar refractivity (Wildman–Crippen MR) is 96.9 cm³/mol. The number of carboxylic acid groups (broad SMARTS) is 1. The van der Waals surface area contributed by atoms with Crippen LogP contribution in [0.4, 0.5) is 0 Å². The minimum absolute atomic E-state index is 0.0639. The number of carbonyl (C=O) groups excluding carboxylic acids is 1. The van der Waals surface area contributed by atoms with Crippen LogP contribution in [-0.4, -0.2) is 51.5 Å². The molecule has 2 aromatic carbocycles. The molecule has 1 aliphatic heterocycles. The van der Waals surface area contributed by atoms with Crippen molar-refractivity contribution in [2.75, 3.05) is 19.6 Å². The summed E-state index contributed by atoms with van der Waals surface area (Å²) in [6, 6.07) is 12.7. The molecular formula is C20H22N2O4. The van der Waals surface area contributed by atoms with E-state index in [1.807, 2.05) is 41.0 Å². The third-order valence-electron chi connectivity index (χ3n) is 4.59. The van der Waals surface area contributed by atoms with E-state index in [9.17, 15) is 14.7 Å². The first-order chi connectivity index (χ1) is 12.4. The standard InChI is InChI=1S/C20H22N2O4/c1-14-2-4-15(5-3-14)12-22-9-8-21(13-19(22)24)11-16-6-7-18(23)17(10-16)20(25)26/h2-7,10,23H,8-9,11-13H2,1H3,(H,25,26). The summed E-state index contributed by atoms with van der Waals surface area (Å²) < 4.78 is 0. The normalized spacial score (nSPS) is 15.3. The minimum atomic E-state index is -1.16. The van der Waals surface area contributed by atoms with Crippen LogP contribution in [0.3, 0.4) is 0 Å². The summed E-state index contributed by atoms with van der Waals surface area (Å²) in [6.45, 7) is 4.78. The van der Waals surface area contributed by atoms with Gasteiger partial charge in [-0.05, 0) is 30.2 Å². The number of hydrogen-bond donors (Lipinski definition) is 2. The van der Waals surface area contributed by atoms with Gasteiger partial charge in [0.25, 0.3) is 0 Å². The lowest BCUT2D eigenvalue weighted by molar-refractivity contribution is -0.136. The second-order valence-corrected chi connectivity index (χ2v) is 6.67. The van der Waals surface area contributed by atoms with E-state index in [0.29, 0.717) is 26.2 Å². The zero-order valence-electron chi connectivity index (χ0n) is 14.7. The Kier molecular flexibility index (Phi) is 5.23. The van der Waals surface area contributed by atoms with E-state index < -0.39 is 5.97 Å². The summed E-state index contributed by atoms with van der Waals surface area (Å²) in [5, 5.41) is 18.7. The van der Waals surface area contributed by atoms with E-state index in [1.54, 1.807) is 6.07 Å². The maximum absolute atomic E-state index is 12.4. The summed E-state index contributed by atoms with van der Waals surface area (Å²) in [6.07, 6.45) is 0. The summed E-state index contributed by atoms with van der Waals surface area (Å²) in [7, 11) is 0. The average Bonchev–Trinajstić information content (AvgIpc) is 2.60. The van der Waals surface area contributed by atoms with Crippen LogP contribution in [0.1, 0.15) is 27.0 Å². The van der Waals surface area contributed by atoms with Gasteiger partial charge in [0.2, 0.25) is 5.91 Å². The zero-order valence-corrected chi connectivity index (χ0v) is 14.7. The van der Waals surface area contributed by atoms with Gasteiger partial charge in [0.1, 0.15) is 11.3 Å². The molecular weight excluding hydrogens is 332 g/mol. The third kappa shape index (κ3) is 4.21. The van der Waals surface area contributed by atoms with Crippen LogP contribution in [0, 0.1) is 6.92 Å². The van der Waals surface area contributed by atoms with E-state index >= 15 is 0 Å². The summed E-state index contributed by atoms with van der Waals surface area (Å²) in [4.78, 5) is 27.4. The fraction of sp³-hybridized carbons (Fsp3) is 0.300. The fourth-order valence-corrected chi connectivity index (χ4v) is 3.08. The number of phenols is 1. The highest BCUT2D eigenvalue weighted by molar-refractivity contribution is 5.90. The van der Waals surface area contributed by atoms with Crippen LogP contribution in [0.2, 0.25) is 0 Å². The van der Waals surface area contributed by atoms with Gasteiger partial charge >= 0.3 is 5.97 Å². The van der Waals surface area contributed by atoms with Crippen LogP contribution < -0.4 is 0 Å². The molecule has 0 atom stereocenters. The van der Waals surface area contributed by atoms with E-state index in [2.05, 4.69) is 0 Å². The lowest BCUT2D eigenvalue weighted by Crippen LogP contribution is -2.49. The van der Waals surface area contributed by atoms with Crippen molar-refractivity contribution < 1.29 is 19.8 Å². The third-order valence-corrected chi connectivity index (χ3v) is 4.59. The number of piperazine rings is 1. The van der Waals surface area contributed by atoms with Crippen LogP contribution in [0.5, 0.6) is 5.75 Å². The molecule has 1 saturated heterocycles. The Labute approximate surface area is 152 Å². The molecule has 0 radical (unpaired) electrons. The first-order valence-electron chi connectivity index (χ1n) is 8.53. The second-order valence-electron chi connectivity index (χ2n) is 6.67. The molecule has 0 bridgehead atoms. The highest BCUT2D eigenvalue weighted by Crippen LogP contribution is 2.20. The number of hydrogen-bond acceptors (Lipinski definition) is 4. The van der Waals surface area contributed by atoms with Gasteiger partial charge in [-0.2, -0.15) is 0 Å². The first kappa shape index (κ1) is 17.9. The van der Waals surface area contributed by atoms with E-state index in [4.69, 9.17) is 5.11 Å². The van der Waals surface area contributed by atoms with Crippen LogP contribution in [0.15, 0.2) is 42.5 Å². The highest BCUT2D eigenvalue weighted by atomic mass is 16.4. The topological polar surface area (TPSA) is 81.1 Å². The van der Waals surface area contributed by atoms with Crippen molar-refractivity contribution in [3.63, 3.8) is 0 Å². The van der Waals surface area contributed by atoms with Crippen molar-refractivity contribution in [3.05, 3.63) is 64.7 Å². The quantitative estimate of drug-likeness (QED) is 0.861. The van der Waals surface area contributed by atoms with Gasteiger partial charge in [-0.15, -0.1) is 0 Å². The summed E-state index contributed by atoms with van der Waals surface area (Å²) in [5.41, 5.74) is 2.95. The lowest BCUT2D eigenvalue weighted by Gasteiger charge is -2.34. The van der Waals surface area contributed by atoms with Crippen LogP contribution in [0.25, 0.3) is 0 Å². The minimum Gasteiger partial charge on any atom is -0.507 e. The number of aromatic hydroxyl groups is 1. The van der Waals surface area contributed by atoms with Gasteiger partial charge in [-0.3, -0.25) is 9.69 Å². The van der Waals surface area contributed by atoms with Crippen LogP contribution in [-0.2, 0) is 17.9 Å². The Morgan fingerprint density at radius 2 is 1.73 bits per heavy atom. The Balaban J connectivity index is 1.60. The number of amides is 1. The second kappa shape index (κ2) is 7.58. The molecule has 0 saturated carbocycles. The van der Waals surface area contributed by atoms with E-state index in [1.165, 1.54) is 17.7 Å². The number of aryl methyl sites for hydroxylation is 1. The number of carbonyl (C=O) groups is 2. The van der Waals surface area contributed by atoms with Crippen molar-refractivity contribution in [2.45, 2.75) is 20.0 Å². The molecule has 6 nitrogen and oxygen atoms in total. The number of benzene rings is 2. The van der Waals surface area contributed by atoms with Gasteiger partial charge < -0.3 is 15.1 Å². The van der Waals surface area contributed by atoms with E-state index in [-0.39, 0.29) is 17.2 Å². The molecule has 0 spiro atoms. The van der Waals surface area contributed by atoms with Gasteiger partial charge in [0.05, 0.1) is 6.54 Å².